The molecule has 21 heavy (non-hydrogen) atoms. The monoisotopic (exact) mass is 322 g/mol. The Labute approximate surface area is 130 Å². The molecular formula is C15H9Cl2FN2O. The summed E-state index contributed by atoms with van der Waals surface area (Å²) in [5.41, 5.74) is 0.636. The molecule has 2 aromatic carbocycles. The van der Waals surface area contributed by atoms with Gasteiger partial charge in [-0.1, -0.05) is 35.3 Å². The van der Waals surface area contributed by atoms with Crippen molar-refractivity contribution in [3.05, 3.63) is 69.0 Å². The first-order valence-corrected chi connectivity index (χ1v) is 6.69. The van der Waals surface area contributed by atoms with E-state index in [1.54, 1.807) is 18.2 Å². The van der Waals surface area contributed by atoms with Crippen molar-refractivity contribution >= 4 is 29.1 Å². The van der Waals surface area contributed by atoms with Crippen LogP contribution in [-0.2, 0) is 6.54 Å². The number of benzene rings is 2. The molecule has 1 amide bonds. The van der Waals surface area contributed by atoms with E-state index in [2.05, 4.69) is 5.32 Å². The van der Waals surface area contributed by atoms with Crippen molar-refractivity contribution in [1.29, 1.82) is 5.26 Å². The van der Waals surface area contributed by atoms with E-state index in [9.17, 15) is 9.18 Å². The number of nitriles is 1. The standard InChI is InChI=1S/C15H9Cl2FN2O/c16-11-2-1-3-12(17)14(11)15(21)20-8-10-5-4-9(7-19)6-13(10)18/h1-6H,8H2,(H,20,21). The van der Waals surface area contributed by atoms with Gasteiger partial charge in [0.1, 0.15) is 5.82 Å². The fourth-order valence-corrected chi connectivity index (χ4v) is 2.31. The summed E-state index contributed by atoms with van der Waals surface area (Å²) in [5.74, 6) is -1.05. The van der Waals surface area contributed by atoms with Crippen LogP contribution in [0.4, 0.5) is 4.39 Å². The summed E-state index contributed by atoms with van der Waals surface area (Å²) in [6.07, 6.45) is 0. The highest BCUT2D eigenvalue weighted by Gasteiger charge is 2.14. The third-order valence-electron chi connectivity index (χ3n) is 2.81. The quantitative estimate of drug-likeness (QED) is 0.930. The zero-order valence-electron chi connectivity index (χ0n) is 10.7. The lowest BCUT2D eigenvalue weighted by Crippen LogP contribution is -2.24. The number of nitrogens with zero attached hydrogens (tertiary/aromatic N) is 1. The molecule has 0 heterocycles. The molecule has 0 aromatic heterocycles. The number of nitrogens with one attached hydrogen (secondary N) is 1. The van der Waals surface area contributed by atoms with Crippen LogP contribution in [0, 0.1) is 17.1 Å². The summed E-state index contributed by atoms with van der Waals surface area (Å²) in [6, 6.07) is 10.6. The number of rotatable bonds is 3. The van der Waals surface area contributed by atoms with Gasteiger partial charge in [0.15, 0.2) is 0 Å². The van der Waals surface area contributed by atoms with E-state index < -0.39 is 11.7 Å². The summed E-state index contributed by atoms with van der Waals surface area (Å²) < 4.78 is 13.7. The van der Waals surface area contributed by atoms with Crippen molar-refractivity contribution in [3.63, 3.8) is 0 Å². The van der Waals surface area contributed by atoms with E-state index in [0.29, 0.717) is 0 Å². The second kappa shape index (κ2) is 6.57. The second-order valence-electron chi connectivity index (χ2n) is 4.20. The van der Waals surface area contributed by atoms with Gasteiger partial charge < -0.3 is 5.32 Å². The molecule has 2 aromatic rings. The molecule has 0 aliphatic rings. The minimum Gasteiger partial charge on any atom is -0.348 e. The maximum atomic E-state index is 13.7. The Balaban J connectivity index is 2.13. The van der Waals surface area contributed by atoms with Crippen molar-refractivity contribution in [2.75, 3.05) is 0 Å². The molecule has 3 nitrogen and oxygen atoms in total. The molecule has 0 aliphatic carbocycles. The molecule has 0 atom stereocenters. The first-order chi connectivity index (χ1) is 10.0. The summed E-state index contributed by atoms with van der Waals surface area (Å²) in [4.78, 5) is 12.0. The number of hydrogen-bond acceptors (Lipinski definition) is 2. The van der Waals surface area contributed by atoms with Gasteiger partial charge in [0, 0.05) is 12.1 Å². The van der Waals surface area contributed by atoms with Crippen molar-refractivity contribution < 1.29 is 9.18 Å². The molecular weight excluding hydrogens is 314 g/mol. The van der Waals surface area contributed by atoms with Crippen LogP contribution in [0.1, 0.15) is 21.5 Å². The molecule has 0 fully saturated rings. The molecule has 6 heteroatoms. The van der Waals surface area contributed by atoms with Gasteiger partial charge in [-0.2, -0.15) is 5.26 Å². The van der Waals surface area contributed by atoms with Gasteiger partial charge in [-0.15, -0.1) is 0 Å². The minimum atomic E-state index is -0.556. The van der Waals surface area contributed by atoms with Gasteiger partial charge in [0.25, 0.3) is 5.91 Å². The Morgan fingerprint density at radius 3 is 2.48 bits per heavy atom. The van der Waals surface area contributed by atoms with E-state index in [4.69, 9.17) is 28.5 Å². The normalized spacial score (nSPS) is 10.0. The number of amides is 1. The third-order valence-corrected chi connectivity index (χ3v) is 3.44. The number of carbonyl (C=O) groups is 1. The molecule has 0 radical (unpaired) electrons. The largest absolute Gasteiger partial charge is 0.348 e. The highest BCUT2D eigenvalue weighted by atomic mass is 35.5. The van der Waals surface area contributed by atoms with E-state index in [1.165, 1.54) is 12.1 Å². The van der Waals surface area contributed by atoms with Crippen LogP contribution in [-0.4, -0.2) is 5.91 Å². The molecule has 1 N–H and O–H groups in total. The van der Waals surface area contributed by atoms with Crippen LogP contribution in [0.5, 0.6) is 0 Å². The van der Waals surface area contributed by atoms with Gasteiger partial charge in [0.2, 0.25) is 0 Å². The van der Waals surface area contributed by atoms with Gasteiger partial charge in [-0.3, -0.25) is 4.79 Å². The Kier molecular flexibility index (Phi) is 4.79. The lowest BCUT2D eigenvalue weighted by molar-refractivity contribution is 0.0951. The van der Waals surface area contributed by atoms with Crippen molar-refractivity contribution in [3.8, 4) is 6.07 Å². The molecule has 0 bridgehead atoms. The predicted molar refractivity (Wildman–Crippen MR) is 78.7 cm³/mol. The van der Waals surface area contributed by atoms with Crippen molar-refractivity contribution in [1.82, 2.24) is 5.32 Å². The maximum absolute atomic E-state index is 13.7. The Morgan fingerprint density at radius 1 is 1.24 bits per heavy atom. The van der Waals surface area contributed by atoms with E-state index >= 15 is 0 Å². The molecule has 0 saturated heterocycles. The average molecular weight is 323 g/mol. The van der Waals surface area contributed by atoms with Crippen LogP contribution in [0.25, 0.3) is 0 Å². The Bertz CT molecular complexity index is 721. The fourth-order valence-electron chi connectivity index (χ4n) is 1.74. The van der Waals surface area contributed by atoms with Gasteiger partial charge in [0.05, 0.1) is 27.2 Å². The van der Waals surface area contributed by atoms with Gasteiger partial charge >= 0.3 is 0 Å². The lowest BCUT2D eigenvalue weighted by atomic mass is 10.1. The van der Waals surface area contributed by atoms with Crippen LogP contribution in [0.2, 0.25) is 10.0 Å². The Morgan fingerprint density at radius 2 is 1.90 bits per heavy atom. The highest BCUT2D eigenvalue weighted by Crippen LogP contribution is 2.24. The van der Waals surface area contributed by atoms with Crippen LogP contribution in [0.15, 0.2) is 36.4 Å². The average Bonchev–Trinajstić information content (AvgIpc) is 2.45. The van der Waals surface area contributed by atoms with Gasteiger partial charge in [-0.25, -0.2) is 4.39 Å². The minimum absolute atomic E-state index is 0.0298. The maximum Gasteiger partial charge on any atom is 0.254 e. The van der Waals surface area contributed by atoms with Crippen LogP contribution >= 0.6 is 23.2 Å². The summed E-state index contributed by atoms with van der Waals surface area (Å²) in [7, 11) is 0. The highest BCUT2D eigenvalue weighted by molar-refractivity contribution is 6.39. The molecule has 2 rings (SSSR count). The number of hydrogen-bond donors (Lipinski definition) is 1. The predicted octanol–water partition coefficient (Wildman–Crippen LogP) is 3.93. The first kappa shape index (κ1) is 15.3. The summed E-state index contributed by atoms with van der Waals surface area (Å²) in [6.45, 7) is -0.0298. The second-order valence-corrected chi connectivity index (χ2v) is 5.01. The van der Waals surface area contributed by atoms with E-state index in [1.807, 2.05) is 6.07 Å². The zero-order chi connectivity index (χ0) is 15.4. The molecule has 0 saturated carbocycles. The van der Waals surface area contributed by atoms with Crippen LogP contribution < -0.4 is 5.32 Å². The third kappa shape index (κ3) is 3.52. The zero-order valence-corrected chi connectivity index (χ0v) is 12.2. The molecule has 106 valence electrons. The van der Waals surface area contributed by atoms with E-state index in [0.717, 1.165) is 6.07 Å². The smallest absolute Gasteiger partial charge is 0.254 e. The number of carbonyl (C=O) groups excluding carboxylic acids is 1. The fraction of sp³-hybridized carbons (Fsp3) is 0.0667. The molecule has 0 aliphatic heterocycles. The SMILES string of the molecule is N#Cc1ccc(CNC(=O)c2c(Cl)cccc2Cl)c(F)c1. The first-order valence-electron chi connectivity index (χ1n) is 5.93. The van der Waals surface area contributed by atoms with E-state index in [-0.39, 0.29) is 33.3 Å². The molecule has 0 unspecified atom stereocenters. The van der Waals surface area contributed by atoms with Crippen molar-refractivity contribution in [2.24, 2.45) is 0 Å². The molecule has 0 spiro atoms. The lowest BCUT2D eigenvalue weighted by Gasteiger charge is -2.09. The number of halogens is 3. The van der Waals surface area contributed by atoms with Gasteiger partial charge in [-0.05, 0) is 24.3 Å². The topological polar surface area (TPSA) is 52.9 Å². The Hall–Kier alpha value is -2.09. The summed E-state index contributed by atoms with van der Waals surface area (Å²) in [5, 5.41) is 11.7. The summed E-state index contributed by atoms with van der Waals surface area (Å²) >= 11 is 11.8. The van der Waals surface area contributed by atoms with Crippen LogP contribution in [0.3, 0.4) is 0 Å². The van der Waals surface area contributed by atoms with Crippen molar-refractivity contribution in [2.45, 2.75) is 6.54 Å².